The lowest BCUT2D eigenvalue weighted by Gasteiger charge is -2.28. The van der Waals surface area contributed by atoms with Crippen LogP contribution in [0.2, 0.25) is 0 Å². The molecule has 0 saturated carbocycles. The molecule has 0 aromatic heterocycles. The van der Waals surface area contributed by atoms with Crippen molar-refractivity contribution in [3.05, 3.63) is 0 Å². The van der Waals surface area contributed by atoms with Crippen LogP contribution in [-0.2, 0) is 14.2 Å². The number of ether oxygens (including phenoxy) is 3. The fourth-order valence-electron chi connectivity index (χ4n) is 2.64. The Morgan fingerprint density at radius 3 is 2.25 bits per heavy atom. The largest absolute Gasteiger partial charge is 0.368 e. The van der Waals surface area contributed by atoms with E-state index in [1.54, 1.807) is 0 Å². The number of rotatable bonds is 3. The fourth-order valence-corrected chi connectivity index (χ4v) is 2.64. The Bertz CT molecular complexity index is 247. The highest BCUT2D eigenvalue weighted by molar-refractivity contribution is 4.98. The SMILES string of the molecule is CC1(C)C[C@H](NCC2OCCO2)C(C)(C)O1. The Kier molecular flexibility index (Phi) is 3.27. The second-order valence-corrected chi connectivity index (χ2v) is 5.80. The average Bonchev–Trinajstić information content (AvgIpc) is 2.67. The summed E-state index contributed by atoms with van der Waals surface area (Å²) in [4.78, 5) is 0. The molecule has 2 aliphatic heterocycles. The van der Waals surface area contributed by atoms with Gasteiger partial charge in [-0.2, -0.15) is 0 Å². The molecule has 0 aromatic carbocycles. The minimum Gasteiger partial charge on any atom is -0.368 e. The van der Waals surface area contributed by atoms with Crippen LogP contribution in [0.3, 0.4) is 0 Å². The Balaban J connectivity index is 1.84. The second-order valence-electron chi connectivity index (χ2n) is 5.80. The molecule has 0 spiro atoms. The van der Waals surface area contributed by atoms with Crippen LogP contribution < -0.4 is 5.32 Å². The summed E-state index contributed by atoms with van der Waals surface area (Å²) in [6.07, 6.45) is 0.937. The van der Waals surface area contributed by atoms with E-state index in [4.69, 9.17) is 14.2 Å². The van der Waals surface area contributed by atoms with Gasteiger partial charge in [-0.1, -0.05) is 0 Å². The van der Waals surface area contributed by atoms with E-state index >= 15 is 0 Å². The predicted octanol–water partition coefficient (Wildman–Crippen LogP) is 1.29. The second kappa shape index (κ2) is 4.26. The van der Waals surface area contributed by atoms with Crippen molar-refractivity contribution in [2.45, 2.75) is 57.6 Å². The molecule has 0 radical (unpaired) electrons. The third kappa shape index (κ3) is 2.74. The zero-order valence-corrected chi connectivity index (χ0v) is 10.7. The zero-order valence-electron chi connectivity index (χ0n) is 10.7. The normalized spacial score (nSPS) is 33.4. The summed E-state index contributed by atoms with van der Waals surface area (Å²) in [6.45, 7) is 10.7. The van der Waals surface area contributed by atoms with Crippen molar-refractivity contribution in [2.75, 3.05) is 19.8 Å². The van der Waals surface area contributed by atoms with Crippen molar-refractivity contribution in [3.8, 4) is 0 Å². The zero-order chi connectivity index (χ0) is 11.8. The van der Waals surface area contributed by atoms with Crippen molar-refractivity contribution in [1.82, 2.24) is 5.32 Å². The highest BCUT2D eigenvalue weighted by Gasteiger charge is 2.45. The van der Waals surface area contributed by atoms with Gasteiger partial charge in [-0.25, -0.2) is 0 Å². The maximum absolute atomic E-state index is 6.02. The molecule has 2 aliphatic rings. The topological polar surface area (TPSA) is 39.7 Å². The predicted molar refractivity (Wildman–Crippen MR) is 61.3 cm³/mol. The van der Waals surface area contributed by atoms with Crippen molar-refractivity contribution >= 4 is 0 Å². The van der Waals surface area contributed by atoms with Crippen LogP contribution in [0.1, 0.15) is 34.1 Å². The van der Waals surface area contributed by atoms with Gasteiger partial charge in [0.15, 0.2) is 6.29 Å². The molecule has 2 heterocycles. The minimum absolute atomic E-state index is 0.0431. The Morgan fingerprint density at radius 1 is 1.12 bits per heavy atom. The van der Waals surface area contributed by atoms with Gasteiger partial charge in [0, 0.05) is 12.6 Å². The van der Waals surface area contributed by atoms with Gasteiger partial charge in [0.1, 0.15) is 0 Å². The highest BCUT2D eigenvalue weighted by Crippen LogP contribution is 2.37. The number of hydrogen-bond acceptors (Lipinski definition) is 4. The van der Waals surface area contributed by atoms with Gasteiger partial charge in [-0.3, -0.25) is 0 Å². The molecule has 0 amide bonds. The molecule has 0 bridgehead atoms. The molecule has 0 aromatic rings. The van der Waals surface area contributed by atoms with E-state index in [2.05, 4.69) is 33.0 Å². The quantitative estimate of drug-likeness (QED) is 0.791. The van der Waals surface area contributed by atoms with Gasteiger partial charge in [0.25, 0.3) is 0 Å². The molecule has 2 saturated heterocycles. The molecular weight excluding hydrogens is 206 g/mol. The van der Waals surface area contributed by atoms with E-state index in [1.807, 2.05) is 0 Å². The summed E-state index contributed by atoms with van der Waals surface area (Å²) in [5, 5.41) is 3.49. The molecule has 94 valence electrons. The van der Waals surface area contributed by atoms with Crippen molar-refractivity contribution in [1.29, 1.82) is 0 Å². The molecule has 4 heteroatoms. The number of nitrogens with one attached hydrogen (secondary N) is 1. The van der Waals surface area contributed by atoms with Gasteiger partial charge in [-0.05, 0) is 34.1 Å². The van der Waals surface area contributed by atoms with Gasteiger partial charge >= 0.3 is 0 Å². The van der Waals surface area contributed by atoms with Crippen LogP contribution in [0.25, 0.3) is 0 Å². The van der Waals surface area contributed by atoms with Gasteiger partial charge in [0.05, 0.1) is 24.4 Å². The minimum atomic E-state index is -0.123. The van der Waals surface area contributed by atoms with E-state index in [1.165, 1.54) is 0 Å². The van der Waals surface area contributed by atoms with E-state index in [-0.39, 0.29) is 17.5 Å². The van der Waals surface area contributed by atoms with E-state index in [0.29, 0.717) is 19.3 Å². The third-order valence-electron chi connectivity index (χ3n) is 3.30. The van der Waals surface area contributed by atoms with Crippen molar-refractivity contribution < 1.29 is 14.2 Å². The summed E-state index contributed by atoms with van der Waals surface area (Å²) in [6, 6.07) is 0.357. The Morgan fingerprint density at radius 2 is 1.75 bits per heavy atom. The Hall–Kier alpha value is -0.160. The summed E-state index contributed by atoms with van der Waals surface area (Å²) < 4.78 is 16.8. The van der Waals surface area contributed by atoms with Gasteiger partial charge < -0.3 is 19.5 Å². The monoisotopic (exact) mass is 229 g/mol. The van der Waals surface area contributed by atoms with Crippen molar-refractivity contribution in [3.63, 3.8) is 0 Å². The lowest BCUT2D eigenvalue weighted by Crippen LogP contribution is -2.46. The number of hydrogen-bond donors (Lipinski definition) is 1. The first-order valence-electron chi connectivity index (χ1n) is 6.06. The molecule has 2 fully saturated rings. The van der Waals surface area contributed by atoms with Gasteiger partial charge in [0.2, 0.25) is 0 Å². The molecule has 1 atom stereocenters. The average molecular weight is 229 g/mol. The van der Waals surface area contributed by atoms with Crippen LogP contribution >= 0.6 is 0 Å². The van der Waals surface area contributed by atoms with Crippen LogP contribution in [-0.4, -0.2) is 43.3 Å². The highest BCUT2D eigenvalue weighted by atomic mass is 16.7. The Labute approximate surface area is 97.6 Å². The summed E-state index contributed by atoms with van der Waals surface area (Å²) in [5.74, 6) is 0. The van der Waals surface area contributed by atoms with Crippen molar-refractivity contribution in [2.24, 2.45) is 0 Å². The molecule has 16 heavy (non-hydrogen) atoms. The molecular formula is C12H23NO3. The lowest BCUT2D eigenvalue weighted by molar-refractivity contribution is -0.0742. The molecule has 1 N–H and O–H groups in total. The van der Waals surface area contributed by atoms with Crippen LogP contribution in [0.5, 0.6) is 0 Å². The maximum Gasteiger partial charge on any atom is 0.170 e. The van der Waals surface area contributed by atoms with E-state index < -0.39 is 0 Å². The first kappa shape index (κ1) is 12.3. The molecule has 4 nitrogen and oxygen atoms in total. The van der Waals surface area contributed by atoms with Crippen LogP contribution in [0.4, 0.5) is 0 Å². The fraction of sp³-hybridized carbons (Fsp3) is 1.00. The summed E-state index contributed by atoms with van der Waals surface area (Å²) >= 11 is 0. The first-order valence-corrected chi connectivity index (χ1v) is 6.06. The van der Waals surface area contributed by atoms with E-state index in [0.717, 1.165) is 13.0 Å². The molecule has 2 rings (SSSR count). The standard InChI is InChI=1S/C12H23NO3/c1-11(2)7-9(12(3,4)16-11)13-8-10-14-5-6-15-10/h9-10,13H,5-8H2,1-4H3/t9-/m0/s1. The van der Waals surface area contributed by atoms with Crippen LogP contribution in [0, 0.1) is 0 Å². The van der Waals surface area contributed by atoms with E-state index in [9.17, 15) is 0 Å². The lowest BCUT2D eigenvalue weighted by atomic mass is 9.94. The van der Waals surface area contributed by atoms with Gasteiger partial charge in [-0.15, -0.1) is 0 Å². The molecule has 0 unspecified atom stereocenters. The summed E-state index contributed by atoms with van der Waals surface area (Å²) in [7, 11) is 0. The van der Waals surface area contributed by atoms with Crippen LogP contribution in [0.15, 0.2) is 0 Å². The maximum atomic E-state index is 6.02. The first-order chi connectivity index (χ1) is 7.39. The summed E-state index contributed by atoms with van der Waals surface area (Å²) in [5.41, 5.74) is -0.166. The third-order valence-corrected chi connectivity index (χ3v) is 3.30. The molecule has 0 aliphatic carbocycles. The smallest absolute Gasteiger partial charge is 0.170 e.